The van der Waals surface area contributed by atoms with Gasteiger partial charge in [0.15, 0.2) is 0 Å². The first-order chi connectivity index (χ1) is 8.18. The van der Waals surface area contributed by atoms with E-state index in [2.05, 4.69) is 10.6 Å². The van der Waals surface area contributed by atoms with Gasteiger partial charge in [0.1, 0.15) is 0 Å². The molecule has 0 aromatic rings. The zero-order valence-electron chi connectivity index (χ0n) is 10.4. The van der Waals surface area contributed by atoms with Crippen molar-refractivity contribution < 1.29 is 9.59 Å². The molecule has 2 fully saturated rings. The largest absolute Gasteiger partial charge is 0.345 e. The van der Waals surface area contributed by atoms with Crippen molar-refractivity contribution in [2.24, 2.45) is 5.92 Å². The number of hydrogen-bond acceptors (Lipinski definition) is 3. The quantitative estimate of drug-likeness (QED) is 0.652. The fourth-order valence-corrected chi connectivity index (χ4v) is 2.18. The first kappa shape index (κ1) is 12.4. The Bertz CT molecular complexity index is 294. The van der Waals surface area contributed by atoms with Crippen molar-refractivity contribution in [3.8, 4) is 0 Å². The van der Waals surface area contributed by atoms with Crippen molar-refractivity contribution in [1.82, 2.24) is 15.5 Å². The molecule has 0 aromatic heterocycles. The van der Waals surface area contributed by atoms with Crippen molar-refractivity contribution in [2.75, 3.05) is 26.2 Å². The van der Waals surface area contributed by atoms with E-state index in [1.54, 1.807) is 4.90 Å². The third-order valence-electron chi connectivity index (χ3n) is 3.51. The molecule has 1 heterocycles. The predicted molar refractivity (Wildman–Crippen MR) is 64.4 cm³/mol. The average molecular weight is 239 g/mol. The Morgan fingerprint density at radius 1 is 1.29 bits per heavy atom. The van der Waals surface area contributed by atoms with Crippen molar-refractivity contribution in [2.45, 2.75) is 32.2 Å². The SMILES string of the molecule is CC(NC(=O)C(=O)N1CCCNCC1)C1CC1. The summed E-state index contributed by atoms with van der Waals surface area (Å²) < 4.78 is 0. The van der Waals surface area contributed by atoms with Crippen LogP contribution in [0.4, 0.5) is 0 Å². The van der Waals surface area contributed by atoms with Crippen LogP contribution in [0.25, 0.3) is 0 Å². The highest BCUT2D eigenvalue weighted by molar-refractivity contribution is 6.35. The molecule has 17 heavy (non-hydrogen) atoms. The van der Waals surface area contributed by atoms with Gasteiger partial charge in [-0.25, -0.2) is 0 Å². The van der Waals surface area contributed by atoms with Gasteiger partial charge in [0.05, 0.1) is 0 Å². The summed E-state index contributed by atoms with van der Waals surface area (Å²) in [5.74, 6) is -0.231. The molecule has 1 saturated carbocycles. The second-order valence-corrected chi connectivity index (χ2v) is 5.00. The Morgan fingerprint density at radius 2 is 2.06 bits per heavy atom. The monoisotopic (exact) mass is 239 g/mol. The summed E-state index contributed by atoms with van der Waals surface area (Å²) in [6.45, 7) is 4.98. The standard InChI is InChI=1S/C12H21N3O2/c1-9(10-3-4-10)14-11(16)12(17)15-7-2-5-13-6-8-15/h9-10,13H,2-8H2,1H3,(H,14,16). The summed E-state index contributed by atoms with van der Waals surface area (Å²) in [4.78, 5) is 25.3. The molecule has 2 aliphatic rings. The van der Waals surface area contributed by atoms with Crippen LogP contribution in [0, 0.1) is 5.92 Å². The maximum absolute atomic E-state index is 11.9. The Morgan fingerprint density at radius 3 is 2.76 bits per heavy atom. The van der Waals surface area contributed by atoms with E-state index in [-0.39, 0.29) is 11.9 Å². The minimum atomic E-state index is -0.439. The highest BCUT2D eigenvalue weighted by Gasteiger charge is 2.31. The number of rotatable bonds is 2. The first-order valence-electron chi connectivity index (χ1n) is 6.49. The summed E-state index contributed by atoms with van der Waals surface area (Å²) in [6, 6.07) is 0.136. The van der Waals surface area contributed by atoms with Crippen LogP contribution in [0.5, 0.6) is 0 Å². The minimum absolute atomic E-state index is 0.136. The van der Waals surface area contributed by atoms with Crippen LogP contribution in [0.15, 0.2) is 0 Å². The molecule has 1 saturated heterocycles. The molecular formula is C12H21N3O2. The van der Waals surface area contributed by atoms with Crippen LogP contribution in [0.1, 0.15) is 26.2 Å². The van der Waals surface area contributed by atoms with E-state index >= 15 is 0 Å². The molecule has 1 aliphatic carbocycles. The number of nitrogens with one attached hydrogen (secondary N) is 2. The van der Waals surface area contributed by atoms with Gasteiger partial charge < -0.3 is 15.5 Å². The van der Waals surface area contributed by atoms with Gasteiger partial charge in [0, 0.05) is 25.7 Å². The third kappa shape index (κ3) is 3.43. The van der Waals surface area contributed by atoms with Crippen LogP contribution in [-0.2, 0) is 9.59 Å². The normalized spacial score (nSPS) is 22.8. The number of carbonyl (C=O) groups is 2. The fourth-order valence-electron chi connectivity index (χ4n) is 2.18. The lowest BCUT2D eigenvalue weighted by atomic mass is 10.2. The van der Waals surface area contributed by atoms with E-state index in [0.717, 1.165) is 19.5 Å². The maximum Gasteiger partial charge on any atom is 0.311 e. The molecule has 5 heteroatoms. The van der Waals surface area contributed by atoms with Gasteiger partial charge in [-0.15, -0.1) is 0 Å². The van der Waals surface area contributed by atoms with Crippen LogP contribution in [0.2, 0.25) is 0 Å². The highest BCUT2D eigenvalue weighted by Crippen LogP contribution is 2.32. The van der Waals surface area contributed by atoms with Gasteiger partial charge >= 0.3 is 11.8 Å². The summed E-state index contributed by atoms with van der Waals surface area (Å²) in [6.07, 6.45) is 3.25. The summed E-state index contributed by atoms with van der Waals surface area (Å²) in [7, 11) is 0. The fraction of sp³-hybridized carbons (Fsp3) is 0.833. The molecule has 96 valence electrons. The highest BCUT2D eigenvalue weighted by atomic mass is 16.2. The Balaban J connectivity index is 1.82. The maximum atomic E-state index is 11.9. The number of carbonyl (C=O) groups excluding carboxylic acids is 2. The Kier molecular flexibility index (Phi) is 3.99. The van der Waals surface area contributed by atoms with Crippen molar-refractivity contribution >= 4 is 11.8 Å². The molecular weight excluding hydrogens is 218 g/mol. The molecule has 2 rings (SSSR count). The Labute approximate surface area is 102 Å². The van der Waals surface area contributed by atoms with E-state index in [9.17, 15) is 9.59 Å². The van der Waals surface area contributed by atoms with Gasteiger partial charge in [-0.1, -0.05) is 0 Å². The van der Waals surface area contributed by atoms with Gasteiger partial charge in [-0.05, 0) is 38.6 Å². The smallest absolute Gasteiger partial charge is 0.311 e. The number of amides is 2. The topological polar surface area (TPSA) is 61.4 Å². The van der Waals surface area contributed by atoms with Crippen molar-refractivity contribution in [1.29, 1.82) is 0 Å². The van der Waals surface area contributed by atoms with Gasteiger partial charge in [0.25, 0.3) is 0 Å². The van der Waals surface area contributed by atoms with Crippen LogP contribution < -0.4 is 10.6 Å². The summed E-state index contributed by atoms with van der Waals surface area (Å²) >= 11 is 0. The molecule has 2 N–H and O–H groups in total. The van der Waals surface area contributed by atoms with Crippen LogP contribution >= 0.6 is 0 Å². The van der Waals surface area contributed by atoms with Gasteiger partial charge in [-0.2, -0.15) is 0 Å². The Hall–Kier alpha value is -1.10. The molecule has 2 amide bonds. The van der Waals surface area contributed by atoms with E-state index < -0.39 is 5.91 Å². The van der Waals surface area contributed by atoms with Crippen LogP contribution in [-0.4, -0.2) is 48.9 Å². The van der Waals surface area contributed by atoms with Crippen molar-refractivity contribution in [3.05, 3.63) is 0 Å². The van der Waals surface area contributed by atoms with E-state index in [4.69, 9.17) is 0 Å². The number of nitrogens with zero attached hydrogens (tertiary/aromatic N) is 1. The lowest BCUT2D eigenvalue weighted by Crippen LogP contribution is -2.47. The molecule has 0 radical (unpaired) electrons. The molecule has 0 bridgehead atoms. The zero-order chi connectivity index (χ0) is 12.3. The van der Waals surface area contributed by atoms with Crippen LogP contribution in [0.3, 0.4) is 0 Å². The zero-order valence-corrected chi connectivity index (χ0v) is 10.4. The molecule has 0 aromatic carbocycles. The third-order valence-corrected chi connectivity index (χ3v) is 3.51. The molecule has 1 unspecified atom stereocenters. The number of hydrogen-bond donors (Lipinski definition) is 2. The second-order valence-electron chi connectivity index (χ2n) is 5.00. The average Bonchev–Trinajstić information content (AvgIpc) is 3.14. The second kappa shape index (κ2) is 5.49. The molecule has 1 atom stereocenters. The van der Waals surface area contributed by atoms with Crippen molar-refractivity contribution in [3.63, 3.8) is 0 Å². The summed E-state index contributed by atoms with van der Waals surface area (Å²) in [5, 5.41) is 6.02. The van der Waals surface area contributed by atoms with Gasteiger partial charge in [0.2, 0.25) is 0 Å². The molecule has 1 aliphatic heterocycles. The van der Waals surface area contributed by atoms with Gasteiger partial charge in [-0.3, -0.25) is 9.59 Å². The van der Waals surface area contributed by atoms with E-state index in [1.807, 2.05) is 6.92 Å². The molecule has 0 spiro atoms. The summed E-state index contributed by atoms with van der Waals surface area (Å²) in [5.41, 5.74) is 0. The molecule has 5 nitrogen and oxygen atoms in total. The lowest BCUT2D eigenvalue weighted by molar-refractivity contribution is -0.146. The van der Waals surface area contributed by atoms with E-state index in [1.165, 1.54) is 12.8 Å². The lowest BCUT2D eigenvalue weighted by Gasteiger charge is -2.20. The first-order valence-corrected chi connectivity index (χ1v) is 6.49. The predicted octanol–water partition coefficient (Wildman–Crippen LogP) is -0.277. The van der Waals surface area contributed by atoms with E-state index in [0.29, 0.717) is 19.0 Å². The minimum Gasteiger partial charge on any atom is -0.345 e.